The number of nitrogens with zero attached hydrogens (tertiary/aromatic N) is 5. The highest BCUT2D eigenvalue weighted by Crippen LogP contribution is 2.48. The number of likely N-dealkylation sites (N-methyl/N-ethyl adjacent to an activating group) is 1. The maximum absolute atomic E-state index is 6.76. The minimum Gasteiger partial charge on any atom is -0.342 e. The standard InChI is InChI=1S/C27H39ClN6S2/c1-18-22(35-21-10-9-20-19(24(21)28)17-32(5)30-20)16-29-25(33(18)6)34-14-12-27(13-15-34)11-7-8-23(27)31-36-26(2,3)4/h9-10,16-18,23,31H,7-8,11-15H2,1-6H3/t18?,23-/m1/s1. The highest BCUT2D eigenvalue weighted by molar-refractivity contribution is 8.03. The van der Waals surface area contributed by atoms with Crippen LogP contribution in [-0.4, -0.2) is 62.5 Å². The van der Waals surface area contributed by atoms with Crippen molar-refractivity contribution in [2.24, 2.45) is 17.5 Å². The van der Waals surface area contributed by atoms with Gasteiger partial charge in [-0.05, 0) is 70.9 Å². The van der Waals surface area contributed by atoms with Gasteiger partial charge < -0.3 is 9.80 Å². The van der Waals surface area contributed by atoms with Crippen LogP contribution in [0.5, 0.6) is 0 Å². The number of guanidine groups is 1. The lowest BCUT2D eigenvalue weighted by Gasteiger charge is -2.47. The van der Waals surface area contributed by atoms with E-state index >= 15 is 0 Å². The monoisotopic (exact) mass is 546 g/mol. The number of halogens is 1. The van der Waals surface area contributed by atoms with Crippen molar-refractivity contribution in [3.8, 4) is 0 Å². The number of piperidine rings is 1. The zero-order valence-electron chi connectivity index (χ0n) is 22.3. The van der Waals surface area contributed by atoms with Crippen LogP contribution in [0.4, 0.5) is 0 Å². The lowest BCUT2D eigenvalue weighted by molar-refractivity contribution is 0.121. The smallest absolute Gasteiger partial charge is 0.201 e. The van der Waals surface area contributed by atoms with E-state index in [-0.39, 0.29) is 10.8 Å². The Hall–Kier alpha value is -1.35. The molecule has 1 spiro atoms. The van der Waals surface area contributed by atoms with Crippen molar-refractivity contribution in [3.05, 3.63) is 34.5 Å². The van der Waals surface area contributed by atoms with Gasteiger partial charge in [-0.3, -0.25) is 9.40 Å². The fourth-order valence-corrected chi connectivity index (χ4v) is 8.00. The summed E-state index contributed by atoms with van der Waals surface area (Å²) in [5.74, 6) is 1.10. The van der Waals surface area contributed by atoms with Gasteiger partial charge in [-0.25, -0.2) is 4.99 Å². The zero-order chi connectivity index (χ0) is 25.7. The number of aliphatic imine (C=N–C) groups is 1. The highest BCUT2D eigenvalue weighted by Gasteiger charge is 2.46. The van der Waals surface area contributed by atoms with Gasteiger partial charge in [0.2, 0.25) is 5.96 Å². The Morgan fingerprint density at radius 1 is 1.14 bits per heavy atom. The van der Waals surface area contributed by atoms with E-state index in [4.69, 9.17) is 16.6 Å². The Balaban J connectivity index is 1.27. The van der Waals surface area contributed by atoms with Crippen molar-refractivity contribution in [2.45, 2.75) is 81.5 Å². The first-order valence-corrected chi connectivity index (χ1v) is 15.1. The molecule has 1 aliphatic carbocycles. The van der Waals surface area contributed by atoms with Gasteiger partial charge in [-0.15, -0.1) is 0 Å². The third-order valence-electron chi connectivity index (χ3n) is 8.00. The second-order valence-electron chi connectivity index (χ2n) is 11.6. The molecule has 0 bridgehead atoms. The topological polar surface area (TPSA) is 48.7 Å². The minimum atomic E-state index is 0.239. The number of hydrogen-bond donors (Lipinski definition) is 1. The molecule has 9 heteroatoms. The second kappa shape index (κ2) is 10.1. The predicted molar refractivity (Wildman–Crippen MR) is 156 cm³/mol. The van der Waals surface area contributed by atoms with E-state index in [1.165, 1.54) is 37.0 Å². The van der Waals surface area contributed by atoms with Gasteiger partial charge in [0.1, 0.15) is 0 Å². The summed E-state index contributed by atoms with van der Waals surface area (Å²) < 4.78 is 5.93. The van der Waals surface area contributed by atoms with Crippen molar-refractivity contribution in [1.29, 1.82) is 0 Å². The number of nitrogens with one attached hydrogen (secondary N) is 1. The van der Waals surface area contributed by atoms with Crippen molar-refractivity contribution < 1.29 is 0 Å². The number of rotatable bonds is 4. The molecule has 1 saturated heterocycles. The Labute approximate surface area is 229 Å². The van der Waals surface area contributed by atoms with Gasteiger partial charge >= 0.3 is 0 Å². The molecule has 1 aromatic carbocycles. The normalized spacial score (nSPS) is 24.5. The molecule has 1 unspecified atom stereocenters. The molecule has 196 valence electrons. The van der Waals surface area contributed by atoms with Gasteiger partial charge in [0.25, 0.3) is 0 Å². The second-order valence-corrected chi connectivity index (χ2v) is 14.7. The maximum Gasteiger partial charge on any atom is 0.201 e. The number of aromatic nitrogens is 2. The van der Waals surface area contributed by atoms with E-state index in [1.807, 2.05) is 35.9 Å². The van der Waals surface area contributed by atoms with E-state index in [0.717, 1.165) is 39.9 Å². The summed E-state index contributed by atoms with van der Waals surface area (Å²) in [4.78, 5) is 12.1. The fraction of sp³-hybridized carbons (Fsp3) is 0.630. The van der Waals surface area contributed by atoms with E-state index < -0.39 is 0 Å². The van der Waals surface area contributed by atoms with E-state index in [0.29, 0.717) is 11.5 Å². The maximum atomic E-state index is 6.76. The summed E-state index contributed by atoms with van der Waals surface area (Å²) >= 11 is 10.4. The van der Waals surface area contributed by atoms with Gasteiger partial charge in [0, 0.05) is 65.6 Å². The molecule has 3 heterocycles. The van der Waals surface area contributed by atoms with E-state index in [9.17, 15) is 0 Å². The summed E-state index contributed by atoms with van der Waals surface area (Å²) in [6.45, 7) is 11.3. The molecule has 2 aromatic rings. The largest absolute Gasteiger partial charge is 0.342 e. The quantitative estimate of drug-likeness (QED) is 0.440. The molecule has 5 rings (SSSR count). The van der Waals surface area contributed by atoms with Crippen LogP contribution in [0, 0.1) is 5.41 Å². The Morgan fingerprint density at radius 3 is 2.61 bits per heavy atom. The molecule has 0 radical (unpaired) electrons. The summed E-state index contributed by atoms with van der Waals surface area (Å²) in [6.07, 6.45) is 10.5. The number of thioether (sulfide) groups is 1. The summed E-state index contributed by atoms with van der Waals surface area (Å²) in [7, 11) is 4.10. The van der Waals surface area contributed by atoms with Crippen LogP contribution in [-0.2, 0) is 7.05 Å². The lowest BCUT2D eigenvalue weighted by atomic mass is 9.74. The third kappa shape index (κ3) is 5.16. The first kappa shape index (κ1) is 26.3. The van der Waals surface area contributed by atoms with Gasteiger partial charge in [-0.2, -0.15) is 5.10 Å². The van der Waals surface area contributed by atoms with Crippen molar-refractivity contribution in [2.75, 3.05) is 20.1 Å². The van der Waals surface area contributed by atoms with Gasteiger partial charge in [0.15, 0.2) is 0 Å². The van der Waals surface area contributed by atoms with Crippen LogP contribution in [0.25, 0.3) is 10.9 Å². The fourth-order valence-electron chi connectivity index (χ4n) is 5.79. The molecule has 2 atom stereocenters. The van der Waals surface area contributed by atoms with Crippen LogP contribution in [0.15, 0.2) is 39.3 Å². The van der Waals surface area contributed by atoms with Crippen molar-refractivity contribution >= 4 is 52.2 Å². The molecule has 36 heavy (non-hydrogen) atoms. The summed E-state index contributed by atoms with van der Waals surface area (Å²) in [5.41, 5.74) is 1.36. The SMILES string of the molecule is CC1C(Sc2ccc3nn(C)cc3c2Cl)=CN=C(N2CCC3(CCC[C@H]3NSC(C)(C)C)CC2)N1C. The number of likely N-dealkylation sites (tertiary alicyclic amines) is 1. The molecular weight excluding hydrogens is 508 g/mol. The minimum absolute atomic E-state index is 0.239. The molecule has 3 aliphatic rings. The Bertz CT molecular complexity index is 1170. The molecule has 1 aromatic heterocycles. The van der Waals surface area contributed by atoms with E-state index in [2.05, 4.69) is 66.6 Å². The molecular formula is C27H39ClN6S2. The zero-order valence-corrected chi connectivity index (χ0v) is 24.7. The average Bonchev–Trinajstić information content (AvgIpc) is 3.40. The molecule has 0 amide bonds. The Kier molecular flexibility index (Phi) is 7.36. The predicted octanol–water partition coefficient (Wildman–Crippen LogP) is 6.52. The average molecular weight is 547 g/mol. The van der Waals surface area contributed by atoms with E-state index in [1.54, 1.807) is 11.8 Å². The van der Waals surface area contributed by atoms with Crippen LogP contribution >= 0.6 is 35.3 Å². The number of benzene rings is 1. The first-order chi connectivity index (χ1) is 17.1. The summed E-state index contributed by atoms with van der Waals surface area (Å²) in [5, 5.41) is 6.23. The van der Waals surface area contributed by atoms with Crippen LogP contribution in [0.2, 0.25) is 5.02 Å². The molecule has 6 nitrogen and oxygen atoms in total. The highest BCUT2D eigenvalue weighted by atomic mass is 35.5. The van der Waals surface area contributed by atoms with Crippen molar-refractivity contribution in [1.82, 2.24) is 24.3 Å². The molecule has 1 N–H and O–H groups in total. The molecule has 2 aliphatic heterocycles. The third-order valence-corrected chi connectivity index (χ3v) is 10.8. The number of hydrogen-bond acceptors (Lipinski definition) is 7. The number of aryl methyl sites for hydroxylation is 1. The van der Waals surface area contributed by atoms with Crippen LogP contribution in [0.1, 0.15) is 59.8 Å². The lowest BCUT2D eigenvalue weighted by Crippen LogP contribution is -2.54. The first-order valence-electron chi connectivity index (χ1n) is 13.1. The van der Waals surface area contributed by atoms with Gasteiger partial charge in [-0.1, -0.05) is 41.7 Å². The van der Waals surface area contributed by atoms with Crippen LogP contribution in [0.3, 0.4) is 0 Å². The number of fused-ring (bicyclic) bond motifs is 1. The van der Waals surface area contributed by atoms with Crippen LogP contribution < -0.4 is 4.72 Å². The molecule has 1 saturated carbocycles. The Morgan fingerprint density at radius 2 is 1.89 bits per heavy atom. The molecule has 2 fully saturated rings. The van der Waals surface area contributed by atoms with Gasteiger partial charge in [0.05, 0.1) is 16.6 Å². The summed E-state index contributed by atoms with van der Waals surface area (Å²) in [6, 6.07) is 4.98. The van der Waals surface area contributed by atoms with Crippen molar-refractivity contribution in [3.63, 3.8) is 0 Å².